The van der Waals surface area contributed by atoms with E-state index in [1.807, 2.05) is 13.8 Å². The number of hydrogen-bond donors (Lipinski definition) is 5. The van der Waals surface area contributed by atoms with Crippen molar-refractivity contribution in [3.63, 3.8) is 0 Å². The second kappa shape index (κ2) is 19.7. The van der Waals surface area contributed by atoms with Crippen LogP contribution >= 0.6 is 0 Å². The van der Waals surface area contributed by atoms with Gasteiger partial charge in [-0.15, -0.1) is 0 Å². The number of esters is 2. The molecule has 1 heterocycles. The number of aliphatic carboxylic acids is 1. The van der Waals surface area contributed by atoms with E-state index in [9.17, 15) is 34.8 Å². The van der Waals surface area contributed by atoms with E-state index in [0.717, 1.165) is 38.5 Å². The van der Waals surface area contributed by atoms with Crippen LogP contribution in [0.5, 0.6) is 0 Å². The number of carbonyl (C=O) groups excluding carboxylic acids is 2. The summed E-state index contributed by atoms with van der Waals surface area (Å²) < 4.78 is 11.5. The summed E-state index contributed by atoms with van der Waals surface area (Å²) in [6.07, 6.45) is 15.9. The van der Waals surface area contributed by atoms with Crippen molar-refractivity contribution in [1.29, 1.82) is 0 Å². The van der Waals surface area contributed by atoms with E-state index < -0.39 is 24.3 Å². The molecule has 0 saturated carbocycles. The summed E-state index contributed by atoms with van der Waals surface area (Å²) in [5.41, 5.74) is 2.47. The van der Waals surface area contributed by atoms with Gasteiger partial charge in [0.25, 0.3) is 0 Å². The fourth-order valence-electron chi connectivity index (χ4n) is 9.30. The van der Waals surface area contributed by atoms with Crippen molar-refractivity contribution in [2.45, 2.75) is 149 Å². The molecular formula is C43H66O10. The van der Waals surface area contributed by atoms with Gasteiger partial charge >= 0.3 is 17.9 Å². The summed E-state index contributed by atoms with van der Waals surface area (Å²) in [6.45, 7) is 12.6. The van der Waals surface area contributed by atoms with Crippen LogP contribution in [0.1, 0.15) is 112 Å². The van der Waals surface area contributed by atoms with Crippen LogP contribution in [-0.4, -0.2) is 80.1 Å². The van der Waals surface area contributed by atoms with Gasteiger partial charge in [-0.05, 0) is 98.0 Å². The molecule has 1 aliphatic heterocycles. The highest BCUT2D eigenvalue weighted by atomic mass is 16.6. The third-order valence-electron chi connectivity index (χ3n) is 12.3. The molecule has 10 heteroatoms. The number of rotatable bonds is 13. The molecule has 10 nitrogen and oxygen atoms in total. The van der Waals surface area contributed by atoms with Crippen molar-refractivity contribution in [3.8, 4) is 0 Å². The molecule has 0 aromatic rings. The molecule has 0 bridgehead atoms. The van der Waals surface area contributed by atoms with Crippen LogP contribution in [0.25, 0.3) is 0 Å². The second-order valence-electron chi connectivity index (χ2n) is 16.9. The van der Waals surface area contributed by atoms with Gasteiger partial charge in [-0.3, -0.25) is 14.4 Å². The van der Waals surface area contributed by atoms with Crippen LogP contribution in [0.3, 0.4) is 0 Å². The molecule has 0 amide bonds. The van der Waals surface area contributed by atoms with E-state index in [1.54, 1.807) is 0 Å². The molecule has 0 aromatic heterocycles. The van der Waals surface area contributed by atoms with E-state index in [2.05, 4.69) is 64.2 Å². The SMILES string of the molecule is CC1C=C2C=CC(C)[C@H](CCC(O)CC(O)CC(=O)O)C2C(O)C1.CC[C@H](C)C(=O)O[C@H]1C[C@@H](C)C=C2C=C[C@H](C)[C@H](CC[C@@H]3C[C@@H](O)CC(=O)O3)[C@H]21. The average molecular weight is 743 g/mol. The number of carboxylic acids is 1. The minimum Gasteiger partial charge on any atom is -0.481 e. The molecule has 0 radical (unpaired) electrons. The standard InChI is InChI=1S/C24H36O5.C19H30O5/c1-5-15(3)24(27)29-21-11-14(2)10-17-7-6-16(4)20(23(17)21)9-8-19-12-18(25)13-22(26)28-19;1-11-7-13-4-3-12(2)16(19(13)17(22)8-11)6-5-14(20)9-15(21)10-18(23)24/h6-7,10,14-16,18-21,23,25H,5,8-9,11-13H2,1-4H3;3-4,7,11-12,14-17,19-22H,5-6,8-10H2,1-2H3,(H,23,24)/t14-,15-,16-,18+,19+,20-,21-,23-;11?,12?,14?,15?,16-,17?,19?/m00/s1. The number of hydrogen-bond acceptors (Lipinski definition) is 9. The minimum absolute atomic E-state index is 0.0796. The van der Waals surface area contributed by atoms with Gasteiger partial charge in [0.2, 0.25) is 0 Å². The lowest BCUT2D eigenvalue weighted by Crippen LogP contribution is -2.42. The Balaban J connectivity index is 0.000000241. The molecular weight excluding hydrogens is 676 g/mol. The first-order chi connectivity index (χ1) is 25.1. The second-order valence-corrected chi connectivity index (χ2v) is 16.9. The fourth-order valence-corrected chi connectivity index (χ4v) is 9.30. The smallest absolute Gasteiger partial charge is 0.308 e. The highest BCUT2D eigenvalue weighted by molar-refractivity contribution is 5.72. The number of allylic oxidation sites excluding steroid dienone is 6. The number of carboxylic acid groups (broad SMARTS) is 1. The number of fused-ring (bicyclic) bond motifs is 2. The number of aliphatic hydroxyl groups is 4. The van der Waals surface area contributed by atoms with Gasteiger partial charge in [0.15, 0.2) is 0 Å². The van der Waals surface area contributed by atoms with Gasteiger partial charge in [-0.2, -0.15) is 0 Å². The maximum absolute atomic E-state index is 12.5. The molecule has 0 aromatic carbocycles. The fraction of sp³-hybridized carbons (Fsp3) is 0.744. The van der Waals surface area contributed by atoms with E-state index in [-0.39, 0.29) is 73.2 Å². The predicted molar refractivity (Wildman–Crippen MR) is 202 cm³/mol. The number of cyclic esters (lactones) is 1. The highest BCUT2D eigenvalue weighted by Gasteiger charge is 2.42. The Morgan fingerprint density at radius 1 is 0.868 bits per heavy atom. The van der Waals surface area contributed by atoms with Crippen molar-refractivity contribution in [1.82, 2.24) is 0 Å². The lowest BCUT2D eigenvalue weighted by atomic mass is 9.65. The summed E-state index contributed by atoms with van der Waals surface area (Å²) in [5, 5.41) is 48.8. The Kier molecular flexibility index (Phi) is 16.0. The highest BCUT2D eigenvalue weighted by Crippen LogP contribution is 2.46. The Bertz CT molecular complexity index is 1370. The van der Waals surface area contributed by atoms with Gasteiger partial charge in [-0.25, -0.2) is 0 Å². The lowest BCUT2D eigenvalue weighted by Gasteiger charge is -2.43. The van der Waals surface area contributed by atoms with Crippen molar-refractivity contribution in [2.75, 3.05) is 0 Å². The van der Waals surface area contributed by atoms with Gasteiger partial charge in [0, 0.05) is 18.3 Å². The number of ether oxygens (including phenoxy) is 2. The van der Waals surface area contributed by atoms with Crippen LogP contribution in [0.4, 0.5) is 0 Å². The first-order valence-electron chi connectivity index (χ1n) is 20.2. The van der Waals surface area contributed by atoms with Crippen LogP contribution < -0.4 is 0 Å². The van der Waals surface area contributed by atoms with Gasteiger partial charge in [0.05, 0.1) is 43.2 Å². The molecule has 5 rings (SSSR count). The molecule has 53 heavy (non-hydrogen) atoms. The van der Waals surface area contributed by atoms with E-state index >= 15 is 0 Å². The molecule has 15 atom stereocenters. The summed E-state index contributed by atoms with van der Waals surface area (Å²) in [6, 6.07) is 0. The van der Waals surface area contributed by atoms with E-state index in [4.69, 9.17) is 14.6 Å². The molecule has 5 N–H and O–H groups in total. The van der Waals surface area contributed by atoms with Crippen molar-refractivity contribution >= 4 is 17.9 Å². The first-order valence-corrected chi connectivity index (χ1v) is 20.2. The average Bonchev–Trinajstić information content (AvgIpc) is 3.06. The van der Waals surface area contributed by atoms with Crippen molar-refractivity contribution in [2.24, 2.45) is 53.3 Å². The summed E-state index contributed by atoms with van der Waals surface area (Å²) in [7, 11) is 0. The Morgan fingerprint density at radius 2 is 1.47 bits per heavy atom. The Hall–Kier alpha value is -2.79. The third-order valence-corrected chi connectivity index (χ3v) is 12.3. The minimum atomic E-state index is -1.06. The molecule has 1 fully saturated rings. The number of carbonyl (C=O) groups is 3. The molecule has 6 unspecified atom stereocenters. The van der Waals surface area contributed by atoms with Crippen molar-refractivity contribution in [3.05, 3.63) is 47.6 Å². The quantitative estimate of drug-likeness (QED) is 0.135. The predicted octanol–water partition coefficient (Wildman–Crippen LogP) is 6.31. The molecule has 4 aliphatic carbocycles. The molecule has 1 saturated heterocycles. The zero-order valence-corrected chi connectivity index (χ0v) is 32.7. The van der Waals surface area contributed by atoms with Crippen LogP contribution in [0.15, 0.2) is 47.6 Å². The monoisotopic (exact) mass is 742 g/mol. The molecule has 298 valence electrons. The summed E-state index contributed by atoms with van der Waals surface area (Å²) >= 11 is 0. The zero-order valence-electron chi connectivity index (χ0n) is 32.7. The van der Waals surface area contributed by atoms with Crippen LogP contribution in [-0.2, 0) is 23.9 Å². The largest absolute Gasteiger partial charge is 0.481 e. The van der Waals surface area contributed by atoms with Gasteiger partial charge in [-0.1, -0.05) is 78.0 Å². The first kappa shape index (κ1) is 42.9. The Morgan fingerprint density at radius 3 is 2.08 bits per heavy atom. The maximum atomic E-state index is 12.5. The lowest BCUT2D eigenvalue weighted by molar-refractivity contribution is -0.162. The summed E-state index contributed by atoms with van der Waals surface area (Å²) in [4.78, 5) is 34.8. The maximum Gasteiger partial charge on any atom is 0.308 e. The number of aliphatic hydroxyl groups excluding tert-OH is 4. The van der Waals surface area contributed by atoms with Crippen molar-refractivity contribution < 1.29 is 49.4 Å². The summed E-state index contributed by atoms with van der Waals surface area (Å²) in [5.74, 6) is 0.764. The van der Waals surface area contributed by atoms with Crippen LogP contribution in [0.2, 0.25) is 0 Å². The normalized spacial score (nSPS) is 36.6. The van der Waals surface area contributed by atoms with E-state index in [0.29, 0.717) is 42.4 Å². The third kappa shape index (κ3) is 12.1. The Labute approximate surface area is 316 Å². The molecule has 5 aliphatic rings. The molecule has 0 spiro atoms. The zero-order chi connectivity index (χ0) is 39.0. The van der Waals surface area contributed by atoms with Gasteiger partial charge < -0.3 is 35.0 Å². The van der Waals surface area contributed by atoms with E-state index in [1.165, 1.54) is 11.1 Å². The van der Waals surface area contributed by atoms with Crippen LogP contribution in [0, 0.1) is 53.3 Å². The topological polar surface area (TPSA) is 171 Å². The van der Waals surface area contributed by atoms with Gasteiger partial charge in [0.1, 0.15) is 12.2 Å².